The molecule has 2 aliphatic rings. The molecule has 6 rings (SSSR count). The lowest BCUT2D eigenvalue weighted by Gasteiger charge is -2.41. The van der Waals surface area contributed by atoms with Crippen LogP contribution < -0.4 is 5.69 Å². The average molecular weight is 560 g/mol. The molecule has 0 bridgehead atoms. The third-order valence-electron chi connectivity index (χ3n) is 9.02. The maximum Gasteiger partial charge on any atom is 0.334 e. The second kappa shape index (κ2) is 10.4. The van der Waals surface area contributed by atoms with E-state index < -0.39 is 8.32 Å². The minimum Gasteiger partial charge on any atom is -0.412 e. The van der Waals surface area contributed by atoms with Gasteiger partial charge in [0, 0.05) is 53.3 Å². The van der Waals surface area contributed by atoms with Crippen molar-refractivity contribution in [3.63, 3.8) is 0 Å². The van der Waals surface area contributed by atoms with Crippen LogP contribution in [-0.4, -0.2) is 51.7 Å². The van der Waals surface area contributed by atoms with Gasteiger partial charge in [0.2, 0.25) is 0 Å². The topological polar surface area (TPSA) is 87.0 Å². The van der Waals surface area contributed by atoms with Crippen molar-refractivity contribution in [2.45, 2.75) is 83.7 Å². The Morgan fingerprint density at radius 2 is 1.93 bits per heavy atom. The molecule has 9 heteroatoms. The minimum atomic E-state index is -1.92. The molecule has 0 saturated carbocycles. The Hall–Kier alpha value is -3.01. The first-order chi connectivity index (χ1) is 19.1. The third kappa shape index (κ3) is 5.10. The summed E-state index contributed by atoms with van der Waals surface area (Å²) in [6, 6.07) is 6.24. The average Bonchev–Trinajstić information content (AvgIpc) is 3.50. The zero-order chi connectivity index (χ0) is 28.1. The summed E-state index contributed by atoms with van der Waals surface area (Å²) in [5.41, 5.74) is 5.42. The van der Waals surface area contributed by atoms with Crippen molar-refractivity contribution in [1.82, 2.24) is 24.1 Å². The summed E-state index contributed by atoms with van der Waals surface area (Å²) in [7, 11) is -1.92. The molecule has 0 radical (unpaired) electrons. The standard InChI is InChI=1S/C31H41N5O3Si/c1-31(2,3)40(4,5)39-26-13-21(19-38-20-26)18-35-27-15-24(23-14-22-11-12-32-28(22)33-16-23)17-34-29(27)36(30(35)37)25-9-7-6-8-10-25/h9,11-12,14-17,21,26H,6-8,10,13,18-20H2,1-5H3,(H,32,33)/t21-,26+/m1/s1. The molecular formula is C31H41N5O3Si. The third-order valence-corrected chi connectivity index (χ3v) is 13.6. The van der Waals surface area contributed by atoms with Gasteiger partial charge in [-0.3, -0.25) is 4.57 Å². The first-order valence-corrected chi connectivity index (χ1v) is 17.5. The lowest BCUT2D eigenvalue weighted by molar-refractivity contribution is -0.0338. The molecule has 1 fully saturated rings. The highest BCUT2D eigenvalue weighted by atomic mass is 28.4. The van der Waals surface area contributed by atoms with Gasteiger partial charge in [-0.05, 0) is 68.4 Å². The van der Waals surface area contributed by atoms with Crippen LogP contribution in [0.1, 0.15) is 52.9 Å². The number of H-pyrrole nitrogens is 1. The summed E-state index contributed by atoms with van der Waals surface area (Å²) in [5.74, 6) is 0.183. The Balaban J connectivity index is 1.37. The van der Waals surface area contributed by atoms with Gasteiger partial charge in [-0.2, -0.15) is 0 Å². The number of ether oxygens (including phenoxy) is 1. The first kappa shape index (κ1) is 27.2. The number of imidazole rings is 1. The molecule has 1 aliphatic carbocycles. The molecule has 1 N–H and O–H groups in total. The van der Waals surface area contributed by atoms with Gasteiger partial charge in [0.25, 0.3) is 0 Å². The molecule has 40 heavy (non-hydrogen) atoms. The van der Waals surface area contributed by atoms with Crippen LogP contribution in [0.4, 0.5) is 0 Å². The van der Waals surface area contributed by atoms with Crippen LogP contribution in [0.3, 0.4) is 0 Å². The van der Waals surface area contributed by atoms with Gasteiger partial charge in [0.05, 0.1) is 24.8 Å². The second-order valence-corrected chi connectivity index (χ2v) is 17.8. The highest BCUT2D eigenvalue weighted by Gasteiger charge is 2.40. The maximum absolute atomic E-state index is 14.1. The molecule has 4 aromatic heterocycles. The van der Waals surface area contributed by atoms with Gasteiger partial charge in [-0.1, -0.05) is 26.8 Å². The predicted octanol–water partition coefficient (Wildman–Crippen LogP) is 6.58. The number of aromatic nitrogens is 5. The highest BCUT2D eigenvalue weighted by Crippen LogP contribution is 2.38. The summed E-state index contributed by atoms with van der Waals surface area (Å²) in [6.45, 7) is 13.2. The van der Waals surface area contributed by atoms with E-state index in [2.05, 4.69) is 62.0 Å². The number of hydrogen-bond donors (Lipinski definition) is 1. The Kier molecular flexibility index (Phi) is 7.09. The SMILES string of the molecule is CC(C)(C)[Si](C)(C)O[C@@H]1COC[C@@H](Cn2c(=O)n(C3=CCCCC3)c3ncc(-c4cnc5[nH]ccc5c4)cc32)C1. The molecule has 0 aromatic carbocycles. The van der Waals surface area contributed by atoms with E-state index in [1.807, 2.05) is 33.8 Å². The summed E-state index contributed by atoms with van der Waals surface area (Å²) in [4.78, 5) is 26.7. The number of hydrogen-bond acceptors (Lipinski definition) is 5. The van der Waals surface area contributed by atoms with Crippen LogP contribution in [0.25, 0.3) is 39.0 Å². The molecule has 8 nitrogen and oxygen atoms in total. The van der Waals surface area contributed by atoms with Crippen LogP contribution in [-0.2, 0) is 15.7 Å². The van der Waals surface area contributed by atoms with Crippen LogP contribution in [0.2, 0.25) is 18.1 Å². The number of fused-ring (bicyclic) bond motifs is 2. The largest absolute Gasteiger partial charge is 0.412 e. The van der Waals surface area contributed by atoms with Crippen molar-refractivity contribution in [2.75, 3.05) is 13.2 Å². The number of nitrogens with zero attached hydrogens (tertiary/aromatic N) is 4. The second-order valence-electron chi connectivity index (χ2n) is 13.0. The lowest BCUT2D eigenvalue weighted by Crippen LogP contribution is -2.47. The summed E-state index contributed by atoms with van der Waals surface area (Å²) in [6.07, 6.45) is 12.9. The summed E-state index contributed by atoms with van der Waals surface area (Å²) < 4.78 is 16.6. The number of allylic oxidation sites excluding steroid dienone is 2. The van der Waals surface area contributed by atoms with Crippen LogP contribution in [0.15, 0.2) is 47.7 Å². The Morgan fingerprint density at radius 1 is 1.12 bits per heavy atom. The quantitative estimate of drug-likeness (QED) is 0.270. The van der Waals surface area contributed by atoms with Crippen molar-refractivity contribution in [2.24, 2.45) is 5.92 Å². The first-order valence-electron chi connectivity index (χ1n) is 14.6. The molecular weight excluding hydrogens is 518 g/mol. The molecule has 4 aromatic rings. The minimum absolute atomic E-state index is 0.0144. The molecule has 1 saturated heterocycles. The Labute approximate surface area is 236 Å². The molecule has 2 atom stereocenters. The summed E-state index contributed by atoms with van der Waals surface area (Å²) >= 11 is 0. The van der Waals surface area contributed by atoms with E-state index in [1.165, 1.54) is 0 Å². The fraction of sp³-hybridized carbons (Fsp3) is 0.516. The van der Waals surface area contributed by atoms with Crippen LogP contribution in [0.5, 0.6) is 0 Å². The van der Waals surface area contributed by atoms with Gasteiger partial charge in [-0.25, -0.2) is 19.3 Å². The highest BCUT2D eigenvalue weighted by molar-refractivity contribution is 6.74. The molecule has 1 aliphatic heterocycles. The van der Waals surface area contributed by atoms with E-state index in [9.17, 15) is 4.79 Å². The Bertz CT molecular complexity index is 1620. The zero-order valence-corrected chi connectivity index (χ0v) is 25.4. The van der Waals surface area contributed by atoms with Crippen LogP contribution >= 0.6 is 0 Å². The molecule has 5 heterocycles. The van der Waals surface area contributed by atoms with Crippen molar-refractivity contribution >= 4 is 36.2 Å². The van der Waals surface area contributed by atoms with E-state index in [4.69, 9.17) is 14.1 Å². The molecule has 212 valence electrons. The van der Waals surface area contributed by atoms with Gasteiger partial charge >= 0.3 is 5.69 Å². The van der Waals surface area contributed by atoms with Crippen molar-refractivity contribution in [3.8, 4) is 11.1 Å². The molecule has 0 amide bonds. The van der Waals surface area contributed by atoms with E-state index in [0.717, 1.165) is 71.1 Å². The van der Waals surface area contributed by atoms with Gasteiger partial charge in [-0.15, -0.1) is 0 Å². The fourth-order valence-electron chi connectivity index (χ4n) is 5.78. The number of aromatic amines is 1. The van der Waals surface area contributed by atoms with Gasteiger partial charge in [0.1, 0.15) is 5.65 Å². The maximum atomic E-state index is 14.1. The van der Waals surface area contributed by atoms with Crippen molar-refractivity contribution in [1.29, 1.82) is 0 Å². The monoisotopic (exact) mass is 559 g/mol. The predicted molar refractivity (Wildman–Crippen MR) is 163 cm³/mol. The van der Waals surface area contributed by atoms with Gasteiger partial charge in [0.15, 0.2) is 14.0 Å². The summed E-state index contributed by atoms with van der Waals surface area (Å²) in [5, 5.41) is 1.19. The zero-order valence-electron chi connectivity index (χ0n) is 24.4. The van der Waals surface area contributed by atoms with Crippen LogP contribution in [0, 0.1) is 5.92 Å². The normalized spacial score (nSPS) is 20.8. The lowest BCUT2D eigenvalue weighted by atomic mass is 10.0. The van der Waals surface area contributed by atoms with E-state index in [-0.39, 0.29) is 22.7 Å². The number of nitrogens with one attached hydrogen (secondary N) is 1. The Morgan fingerprint density at radius 3 is 2.70 bits per heavy atom. The van der Waals surface area contributed by atoms with Crippen molar-refractivity contribution in [3.05, 3.63) is 53.3 Å². The molecule has 0 unspecified atom stereocenters. The number of pyridine rings is 2. The van der Waals surface area contributed by atoms with E-state index >= 15 is 0 Å². The van der Waals surface area contributed by atoms with E-state index in [1.54, 1.807) is 0 Å². The smallest absolute Gasteiger partial charge is 0.334 e. The number of rotatable bonds is 6. The fourth-order valence-corrected chi connectivity index (χ4v) is 7.13. The molecule has 0 spiro atoms. The van der Waals surface area contributed by atoms with E-state index in [0.29, 0.717) is 19.8 Å². The van der Waals surface area contributed by atoms with Gasteiger partial charge < -0.3 is 14.1 Å². The van der Waals surface area contributed by atoms with Crippen molar-refractivity contribution < 1.29 is 9.16 Å².